The summed E-state index contributed by atoms with van der Waals surface area (Å²) < 4.78 is 5.38. The SMILES string of the molecule is Oc1c(O)c2c(cc3ccc4cccc5ccc2c3c45)c2oc12. The predicted molar refractivity (Wildman–Crippen MR) is 91.9 cm³/mol. The molecule has 0 saturated carbocycles. The van der Waals surface area contributed by atoms with Crippen molar-refractivity contribution in [2.75, 3.05) is 0 Å². The highest BCUT2D eigenvalue weighted by Gasteiger charge is 2.25. The summed E-state index contributed by atoms with van der Waals surface area (Å²) in [6.45, 7) is 0. The van der Waals surface area contributed by atoms with Crippen molar-refractivity contribution in [2.24, 2.45) is 0 Å². The second-order valence-corrected chi connectivity index (χ2v) is 6.11. The molecule has 0 spiro atoms. The molecular formula is C20H10O3. The van der Waals surface area contributed by atoms with Gasteiger partial charge >= 0.3 is 0 Å². The van der Waals surface area contributed by atoms with Crippen LogP contribution >= 0.6 is 0 Å². The molecule has 0 radical (unpaired) electrons. The van der Waals surface area contributed by atoms with Crippen LogP contribution in [0.5, 0.6) is 11.5 Å². The third-order valence-corrected chi connectivity index (χ3v) is 4.94. The monoisotopic (exact) mass is 298 g/mol. The van der Waals surface area contributed by atoms with Gasteiger partial charge in [0.15, 0.2) is 11.3 Å². The molecule has 3 nitrogen and oxygen atoms in total. The number of hydrogen-bond acceptors (Lipinski definition) is 3. The quantitative estimate of drug-likeness (QED) is 0.226. The Morgan fingerprint density at radius 3 is 2.17 bits per heavy atom. The van der Waals surface area contributed by atoms with Crippen LogP contribution in [0.15, 0.2) is 52.9 Å². The fraction of sp³-hybridized carbons (Fsp3) is 0. The molecule has 0 aliphatic carbocycles. The first-order valence-corrected chi connectivity index (χ1v) is 7.50. The van der Waals surface area contributed by atoms with E-state index in [1.54, 1.807) is 0 Å². The standard InChI is InChI=1S/C20H10O3/c21-17-16-12-7-6-10-3-1-2-9-4-5-11(15(12)14(9)10)8-13(16)19-20(23-19)18(17)22/h1-8,21-22H. The number of aromatic hydroxyl groups is 2. The second kappa shape index (κ2) is 3.41. The van der Waals surface area contributed by atoms with E-state index in [4.69, 9.17) is 4.42 Å². The first kappa shape index (κ1) is 11.4. The molecule has 0 amide bonds. The molecule has 2 N–H and O–H groups in total. The lowest BCUT2D eigenvalue weighted by molar-refractivity contribution is 0.410. The Morgan fingerprint density at radius 1 is 0.609 bits per heavy atom. The lowest BCUT2D eigenvalue weighted by Crippen LogP contribution is -1.85. The molecule has 0 aliphatic heterocycles. The van der Waals surface area contributed by atoms with Crippen LogP contribution in [0, 0.1) is 0 Å². The lowest BCUT2D eigenvalue weighted by Gasteiger charge is -2.13. The van der Waals surface area contributed by atoms with E-state index in [1.807, 2.05) is 12.1 Å². The summed E-state index contributed by atoms with van der Waals surface area (Å²) in [5.41, 5.74) is 1.06. The van der Waals surface area contributed by atoms with Gasteiger partial charge in [-0.05, 0) is 38.4 Å². The van der Waals surface area contributed by atoms with Crippen LogP contribution in [-0.2, 0) is 0 Å². The molecule has 0 atom stereocenters. The summed E-state index contributed by atoms with van der Waals surface area (Å²) in [5.74, 6) is -0.267. The Kier molecular flexibility index (Phi) is 1.69. The van der Waals surface area contributed by atoms with Gasteiger partial charge in [-0.15, -0.1) is 0 Å². The average molecular weight is 298 g/mol. The first-order chi connectivity index (χ1) is 11.2. The van der Waals surface area contributed by atoms with Gasteiger partial charge in [0, 0.05) is 10.8 Å². The Balaban J connectivity index is 2.04. The molecule has 5 aromatic carbocycles. The van der Waals surface area contributed by atoms with Gasteiger partial charge in [-0.2, -0.15) is 0 Å². The van der Waals surface area contributed by atoms with Crippen LogP contribution in [0.4, 0.5) is 0 Å². The van der Waals surface area contributed by atoms with Gasteiger partial charge in [0.25, 0.3) is 0 Å². The zero-order valence-corrected chi connectivity index (χ0v) is 11.9. The highest BCUT2D eigenvalue weighted by Crippen LogP contribution is 2.51. The molecule has 108 valence electrons. The van der Waals surface area contributed by atoms with Gasteiger partial charge in [0.1, 0.15) is 0 Å². The number of benzene rings is 5. The Morgan fingerprint density at radius 2 is 1.35 bits per heavy atom. The maximum absolute atomic E-state index is 10.5. The van der Waals surface area contributed by atoms with Gasteiger partial charge in [0.05, 0.1) is 0 Å². The zero-order chi connectivity index (χ0) is 15.3. The largest absolute Gasteiger partial charge is 0.504 e. The van der Waals surface area contributed by atoms with Crippen molar-refractivity contribution in [3.05, 3.63) is 48.5 Å². The van der Waals surface area contributed by atoms with Crippen LogP contribution in [0.1, 0.15) is 0 Å². The second-order valence-electron chi connectivity index (χ2n) is 6.11. The summed E-state index contributed by atoms with van der Waals surface area (Å²) >= 11 is 0. The van der Waals surface area contributed by atoms with Crippen molar-refractivity contribution in [1.29, 1.82) is 0 Å². The maximum Gasteiger partial charge on any atom is 0.216 e. The highest BCUT2D eigenvalue weighted by atomic mass is 16.4. The van der Waals surface area contributed by atoms with E-state index in [-0.39, 0.29) is 11.5 Å². The van der Waals surface area contributed by atoms with E-state index in [0.717, 1.165) is 21.5 Å². The zero-order valence-electron chi connectivity index (χ0n) is 11.9. The summed E-state index contributed by atoms with van der Waals surface area (Å²) in [6.07, 6.45) is 0. The number of fused-ring (bicyclic) bond motifs is 4. The van der Waals surface area contributed by atoms with Gasteiger partial charge in [0.2, 0.25) is 11.3 Å². The summed E-state index contributed by atoms with van der Waals surface area (Å²) in [4.78, 5) is 0. The molecule has 1 heterocycles. The molecule has 6 rings (SSSR count). The Hall–Kier alpha value is -3.20. The average Bonchev–Trinajstić information content (AvgIpc) is 3.38. The topological polar surface area (TPSA) is 53.6 Å². The molecule has 6 aromatic rings. The lowest BCUT2D eigenvalue weighted by atomic mass is 9.90. The van der Waals surface area contributed by atoms with Crippen LogP contribution in [0.2, 0.25) is 0 Å². The Bertz CT molecular complexity index is 1360. The number of rotatable bonds is 0. The maximum atomic E-state index is 10.5. The van der Waals surface area contributed by atoms with Crippen LogP contribution in [0.25, 0.3) is 54.3 Å². The van der Waals surface area contributed by atoms with E-state index in [2.05, 4.69) is 36.4 Å². The normalized spacial score (nSPS) is 12.7. The van der Waals surface area contributed by atoms with Crippen molar-refractivity contribution in [1.82, 2.24) is 0 Å². The van der Waals surface area contributed by atoms with E-state index < -0.39 is 0 Å². The molecule has 1 aromatic heterocycles. The van der Waals surface area contributed by atoms with Crippen LogP contribution < -0.4 is 0 Å². The number of phenols is 2. The molecule has 0 fully saturated rings. The molecule has 0 saturated heterocycles. The summed E-state index contributed by atoms with van der Waals surface area (Å²) in [7, 11) is 0. The molecule has 0 aliphatic rings. The van der Waals surface area contributed by atoms with Crippen molar-refractivity contribution in [2.45, 2.75) is 0 Å². The van der Waals surface area contributed by atoms with Crippen molar-refractivity contribution in [3.63, 3.8) is 0 Å². The van der Waals surface area contributed by atoms with Gasteiger partial charge in [-0.3, -0.25) is 0 Å². The fourth-order valence-corrected chi connectivity index (χ4v) is 3.88. The molecule has 23 heavy (non-hydrogen) atoms. The third kappa shape index (κ3) is 1.19. The third-order valence-electron chi connectivity index (χ3n) is 4.94. The number of phenolic OH excluding ortho intramolecular Hbond substituents is 2. The number of hydrogen-bond donors (Lipinski definition) is 2. The summed E-state index contributed by atoms with van der Waals surface area (Å²) in [6, 6.07) is 16.6. The minimum absolute atomic E-state index is 0.103. The Labute approximate surface area is 129 Å². The predicted octanol–water partition coefficient (Wildman–Crippen LogP) is 5.33. The highest BCUT2D eigenvalue weighted by molar-refractivity contribution is 6.32. The van der Waals surface area contributed by atoms with Crippen LogP contribution in [-0.4, -0.2) is 10.2 Å². The molecule has 0 bridgehead atoms. The molecular weight excluding hydrogens is 288 g/mol. The van der Waals surface area contributed by atoms with E-state index in [1.165, 1.54) is 16.2 Å². The fourth-order valence-electron chi connectivity index (χ4n) is 3.88. The van der Waals surface area contributed by atoms with Crippen molar-refractivity contribution < 1.29 is 14.6 Å². The molecule has 0 unspecified atom stereocenters. The molecule has 3 heteroatoms. The smallest absolute Gasteiger partial charge is 0.216 e. The van der Waals surface area contributed by atoms with E-state index >= 15 is 0 Å². The minimum Gasteiger partial charge on any atom is -0.504 e. The van der Waals surface area contributed by atoms with E-state index in [9.17, 15) is 10.2 Å². The van der Waals surface area contributed by atoms with Crippen LogP contribution in [0.3, 0.4) is 0 Å². The van der Waals surface area contributed by atoms with Gasteiger partial charge in [-0.25, -0.2) is 0 Å². The minimum atomic E-state index is -0.164. The van der Waals surface area contributed by atoms with Crippen molar-refractivity contribution >= 4 is 54.3 Å². The first-order valence-electron chi connectivity index (χ1n) is 7.50. The van der Waals surface area contributed by atoms with E-state index in [0.29, 0.717) is 16.6 Å². The van der Waals surface area contributed by atoms with Gasteiger partial charge < -0.3 is 14.6 Å². The van der Waals surface area contributed by atoms with Gasteiger partial charge in [-0.1, -0.05) is 42.5 Å². The summed E-state index contributed by atoms with van der Waals surface area (Å²) in [5, 5.41) is 28.8. The van der Waals surface area contributed by atoms with Crippen molar-refractivity contribution in [3.8, 4) is 11.5 Å².